The molecule has 3 rings (SSSR count). The van der Waals surface area contributed by atoms with Gasteiger partial charge in [-0.15, -0.1) is 10.2 Å². The Balaban J connectivity index is 1.54. The predicted molar refractivity (Wildman–Crippen MR) is 92.1 cm³/mol. The number of carbonyl (C=O) groups excluding carboxylic acids is 1. The van der Waals surface area contributed by atoms with Gasteiger partial charge in [0, 0.05) is 19.2 Å². The lowest BCUT2D eigenvalue weighted by atomic mass is 10.1. The van der Waals surface area contributed by atoms with Gasteiger partial charge in [-0.05, 0) is 26.2 Å². The molecule has 0 saturated carbocycles. The van der Waals surface area contributed by atoms with Crippen molar-refractivity contribution in [2.75, 3.05) is 29.1 Å². The van der Waals surface area contributed by atoms with Crippen LogP contribution in [0, 0.1) is 6.92 Å². The molecule has 1 aliphatic rings. The molecule has 0 bridgehead atoms. The fourth-order valence-electron chi connectivity index (χ4n) is 2.35. The third-order valence-corrected chi connectivity index (χ3v) is 5.11. The van der Waals surface area contributed by atoms with E-state index in [-0.39, 0.29) is 11.7 Å². The largest absolute Gasteiger partial charge is 0.356 e. The minimum absolute atomic E-state index is 0.107. The maximum Gasteiger partial charge on any atom is 0.236 e. The van der Waals surface area contributed by atoms with E-state index in [1.165, 1.54) is 42.4 Å². The number of anilines is 2. The highest BCUT2D eigenvalue weighted by Crippen LogP contribution is 2.22. The molecule has 1 N–H and O–H groups in total. The number of nitrogens with one attached hydrogen (secondary N) is 1. The van der Waals surface area contributed by atoms with Gasteiger partial charge in [0.05, 0.1) is 5.75 Å². The van der Waals surface area contributed by atoms with Crippen molar-refractivity contribution in [1.29, 1.82) is 0 Å². The second-order valence-corrected chi connectivity index (χ2v) is 7.40. The minimum atomic E-state index is -0.107. The van der Waals surface area contributed by atoms with Gasteiger partial charge in [0.25, 0.3) is 0 Å². The molecule has 7 nitrogen and oxygen atoms in total. The second kappa shape index (κ2) is 7.69. The van der Waals surface area contributed by atoms with Crippen LogP contribution in [-0.2, 0) is 4.79 Å². The van der Waals surface area contributed by atoms with Crippen molar-refractivity contribution in [3.05, 3.63) is 17.4 Å². The molecule has 3 heterocycles. The number of amides is 1. The number of carbonyl (C=O) groups is 1. The summed E-state index contributed by atoms with van der Waals surface area (Å²) in [4.78, 5) is 22.8. The van der Waals surface area contributed by atoms with Gasteiger partial charge < -0.3 is 4.90 Å². The van der Waals surface area contributed by atoms with Crippen LogP contribution in [0.3, 0.4) is 0 Å². The van der Waals surface area contributed by atoms with E-state index >= 15 is 0 Å². The van der Waals surface area contributed by atoms with Crippen molar-refractivity contribution < 1.29 is 4.79 Å². The van der Waals surface area contributed by atoms with Gasteiger partial charge in [0.2, 0.25) is 11.0 Å². The summed E-state index contributed by atoms with van der Waals surface area (Å²) >= 11 is 2.76. The van der Waals surface area contributed by atoms with Crippen LogP contribution >= 0.6 is 23.1 Å². The lowest BCUT2D eigenvalue weighted by Gasteiger charge is -2.27. The van der Waals surface area contributed by atoms with Crippen molar-refractivity contribution in [3.63, 3.8) is 0 Å². The Kier molecular flexibility index (Phi) is 5.39. The molecule has 0 spiro atoms. The number of thioether (sulfide) groups is 1. The maximum atomic E-state index is 11.9. The van der Waals surface area contributed by atoms with E-state index in [0.717, 1.165) is 28.9 Å². The Morgan fingerprint density at radius 1 is 1.30 bits per heavy atom. The van der Waals surface area contributed by atoms with Crippen LogP contribution in [0.15, 0.2) is 17.4 Å². The Hall–Kier alpha value is -1.74. The first-order chi connectivity index (χ1) is 11.2. The van der Waals surface area contributed by atoms with Gasteiger partial charge in [-0.1, -0.05) is 23.1 Å². The zero-order chi connectivity index (χ0) is 16.1. The van der Waals surface area contributed by atoms with Crippen molar-refractivity contribution in [2.45, 2.75) is 31.2 Å². The van der Waals surface area contributed by atoms with E-state index in [1.807, 2.05) is 13.0 Å². The third-order valence-electron chi connectivity index (χ3n) is 3.43. The first-order valence-corrected chi connectivity index (χ1v) is 9.31. The second-order valence-electron chi connectivity index (χ2n) is 5.23. The summed E-state index contributed by atoms with van der Waals surface area (Å²) in [6, 6.07) is 1.96. The number of hydrogen-bond acceptors (Lipinski definition) is 8. The van der Waals surface area contributed by atoms with Gasteiger partial charge in [-0.2, -0.15) is 0 Å². The number of rotatable bonds is 5. The molecule has 0 aromatic carbocycles. The summed E-state index contributed by atoms with van der Waals surface area (Å²) in [6.45, 7) is 3.93. The summed E-state index contributed by atoms with van der Waals surface area (Å²) in [5, 5.41) is 12.7. The zero-order valence-corrected chi connectivity index (χ0v) is 14.5. The monoisotopic (exact) mass is 350 g/mol. The molecule has 0 aliphatic carbocycles. The Morgan fingerprint density at radius 2 is 2.13 bits per heavy atom. The number of nitrogens with zero attached hydrogens (tertiary/aromatic N) is 5. The molecule has 122 valence electrons. The van der Waals surface area contributed by atoms with Crippen molar-refractivity contribution in [2.24, 2.45) is 0 Å². The molecular weight excluding hydrogens is 332 g/mol. The van der Waals surface area contributed by atoms with Crippen LogP contribution in [0.4, 0.5) is 10.9 Å². The number of piperidine rings is 1. The number of aromatic nitrogens is 4. The molecule has 9 heteroatoms. The highest BCUT2D eigenvalue weighted by atomic mass is 32.2. The van der Waals surface area contributed by atoms with Crippen LogP contribution in [0.1, 0.15) is 24.3 Å². The Morgan fingerprint density at radius 3 is 2.87 bits per heavy atom. The van der Waals surface area contributed by atoms with Crippen molar-refractivity contribution in [1.82, 2.24) is 20.2 Å². The zero-order valence-electron chi connectivity index (χ0n) is 12.9. The first-order valence-electron chi connectivity index (χ1n) is 7.50. The summed E-state index contributed by atoms with van der Waals surface area (Å²) in [6.07, 6.45) is 5.26. The predicted octanol–water partition coefficient (Wildman–Crippen LogP) is 2.36. The summed E-state index contributed by atoms with van der Waals surface area (Å²) in [7, 11) is 0. The van der Waals surface area contributed by atoms with E-state index in [9.17, 15) is 4.79 Å². The standard InChI is InChI=1S/C14H18N6OS2/c1-10-18-19-14(23-10)17-12(21)8-22-13-7-11(15-9-16-13)20-5-3-2-4-6-20/h7,9H,2-6,8H2,1H3,(H,17,19,21). The van der Waals surface area contributed by atoms with Crippen LogP contribution < -0.4 is 10.2 Å². The summed E-state index contributed by atoms with van der Waals surface area (Å²) in [5.74, 6) is 1.13. The molecule has 2 aromatic rings. The Labute approximate surface area is 142 Å². The fourth-order valence-corrected chi connectivity index (χ4v) is 3.62. The van der Waals surface area contributed by atoms with E-state index in [1.54, 1.807) is 6.33 Å². The van der Waals surface area contributed by atoms with E-state index in [0.29, 0.717) is 5.13 Å². The molecule has 0 unspecified atom stereocenters. The van der Waals surface area contributed by atoms with E-state index in [2.05, 4.69) is 30.4 Å². The van der Waals surface area contributed by atoms with Gasteiger partial charge in [0.1, 0.15) is 22.2 Å². The van der Waals surface area contributed by atoms with E-state index in [4.69, 9.17) is 0 Å². The highest BCUT2D eigenvalue weighted by molar-refractivity contribution is 7.99. The lowest BCUT2D eigenvalue weighted by molar-refractivity contribution is -0.113. The molecule has 2 aromatic heterocycles. The summed E-state index contributed by atoms with van der Waals surface area (Å²) < 4.78 is 0. The molecule has 1 aliphatic heterocycles. The van der Waals surface area contributed by atoms with Gasteiger partial charge in [-0.3, -0.25) is 10.1 Å². The average molecular weight is 350 g/mol. The summed E-state index contributed by atoms with van der Waals surface area (Å²) in [5.41, 5.74) is 0. The number of hydrogen-bond donors (Lipinski definition) is 1. The SMILES string of the molecule is Cc1nnc(NC(=O)CSc2cc(N3CCCCC3)ncn2)s1. The first kappa shape index (κ1) is 16.1. The van der Waals surface area contributed by atoms with Gasteiger partial charge in [-0.25, -0.2) is 9.97 Å². The normalized spacial score (nSPS) is 14.7. The molecule has 1 fully saturated rings. The van der Waals surface area contributed by atoms with Crippen LogP contribution in [0.25, 0.3) is 0 Å². The molecule has 1 amide bonds. The maximum absolute atomic E-state index is 11.9. The molecule has 0 atom stereocenters. The van der Waals surface area contributed by atoms with Gasteiger partial charge >= 0.3 is 0 Å². The minimum Gasteiger partial charge on any atom is -0.356 e. The van der Waals surface area contributed by atoms with E-state index < -0.39 is 0 Å². The van der Waals surface area contributed by atoms with Crippen LogP contribution in [0.2, 0.25) is 0 Å². The molecule has 0 radical (unpaired) electrons. The molecule has 23 heavy (non-hydrogen) atoms. The number of aryl methyl sites for hydroxylation is 1. The van der Waals surface area contributed by atoms with Crippen LogP contribution in [0.5, 0.6) is 0 Å². The fraction of sp³-hybridized carbons (Fsp3) is 0.500. The van der Waals surface area contributed by atoms with Crippen molar-refractivity contribution in [3.8, 4) is 0 Å². The molecular formula is C14H18N6OS2. The third kappa shape index (κ3) is 4.61. The molecule has 1 saturated heterocycles. The smallest absolute Gasteiger partial charge is 0.236 e. The van der Waals surface area contributed by atoms with Gasteiger partial charge in [0.15, 0.2) is 0 Å². The highest BCUT2D eigenvalue weighted by Gasteiger charge is 2.13. The quantitative estimate of drug-likeness (QED) is 0.654. The van der Waals surface area contributed by atoms with Crippen LogP contribution in [-0.4, -0.2) is 44.9 Å². The topological polar surface area (TPSA) is 83.9 Å². The Bertz CT molecular complexity index is 671. The average Bonchev–Trinajstić information content (AvgIpc) is 2.99. The van der Waals surface area contributed by atoms with Crippen molar-refractivity contribution >= 4 is 40.0 Å². The lowest BCUT2D eigenvalue weighted by Crippen LogP contribution is -2.30.